The topological polar surface area (TPSA) is 120 Å². The lowest BCUT2D eigenvalue weighted by Gasteiger charge is -2.10. The first-order valence-corrected chi connectivity index (χ1v) is 10.1. The van der Waals surface area contributed by atoms with Crippen LogP contribution in [0.25, 0.3) is 11.0 Å². The van der Waals surface area contributed by atoms with E-state index in [9.17, 15) is 14.9 Å². The molecule has 1 heterocycles. The van der Waals surface area contributed by atoms with Gasteiger partial charge < -0.3 is 10.1 Å². The van der Waals surface area contributed by atoms with E-state index in [0.29, 0.717) is 21.2 Å². The number of nitro benzene ring substituents is 1. The molecule has 0 aliphatic carbocycles. The zero-order valence-electron chi connectivity index (χ0n) is 15.4. The SMILES string of the molecule is CCC(=O)OCCNc1cc(SCc2ccc(Cl)cc2)c2nonc2c1[N+](=O)[O-]. The van der Waals surface area contributed by atoms with Crippen LogP contribution in [0.15, 0.2) is 39.9 Å². The van der Waals surface area contributed by atoms with E-state index in [1.54, 1.807) is 25.1 Å². The zero-order valence-corrected chi connectivity index (χ0v) is 17.0. The maximum atomic E-state index is 11.6. The van der Waals surface area contributed by atoms with Crippen LogP contribution in [0.1, 0.15) is 18.9 Å². The van der Waals surface area contributed by atoms with E-state index in [-0.39, 0.29) is 42.4 Å². The second-order valence-corrected chi connectivity index (χ2v) is 7.36. The van der Waals surface area contributed by atoms with Gasteiger partial charge in [-0.15, -0.1) is 11.8 Å². The van der Waals surface area contributed by atoms with E-state index in [2.05, 4.69) is 15.6 Å². The highest BCUT2D eigenvalue weighted by atomic mass is 35.5. The number of aromatic nitrogens is 2. The largest absolute Gasteiger partial charge is 0.464 e. The number of ether oxygens (including phenoxy) is 1. The first kappa shape index (κ1) is 20.9. The number of carbonyl (C=O) groups excluding carboxylic acids is 1. The van der Waals surface area contributed by atoms with Crippen LogP contribution in [-0.2, 0) is 15.3 Å². The summed E-state index contributed by atoms with van der Waals surface area (Å²) >= 11 is 7.35. The number of rotatable bonds is 9. The van der Waals surface area contributed by atoms with Crippen LogP contribution in [0.4, 0.5) is 11.4 Å². The molecule has 2 aromatic carbocycles. The van der Waals surface area contributed by atoms with Gasteiger partial charge in [-0.3, -0.25) is 14.9 Å². The Hall–Kier alpha value is -2.85. The molecule has 0 aliphatic heterocycles. The lowest BCUT2D eigenvalue weighted by molar-refractivity contribution is -0.382. The summed E-state index contributed by atoms with van der Waals surface area (Å²) in [5, 5.41) is 22.7. The number of esters is 1. The van der Waals surface area contributed by atoms with Gasteiger partial charge in [0.05, 0.1) is 4.92 Å². The van der Waals surface area contributed by atoms with E-state index in [1.165, 1.54) is 11.8 Å². The molecule has 29 heavy (non-hydrogen) atoms. The van der Waals surface area contributed by atoms with Crippen LogP contribution in [0, 0.1) is 10.1 Å². The Morgan fingerprint density at radius 2 is 2.03 bits per heavy atom. The summed E-state index contributed by atoms with van der Waals surface area (Å²) in [6.07, 6.45) is 0.266. The molecule has 0 radical (unpaired) electrons. The maximum absolute atomic E-state index is 11.6. The molecule has 0 atom stereocenters. The second kappa shape index (κ2) is 9.57. The molecule has 152 valence electrons. The highest BCUT2D eigenvalue weighted by Crippen LogP contribution is 2.39. The molecule has 0 saturated carbocycles. The van der Waals surface area contributed by atoms with E-state index in [4.69, 9.17) is 21.0 Å². The third-order valence-corrected chi connectivity index (χ3v) is 5.29. The first-order valence-electron chi connectivity index (χ1n) is 8.70. The van der Waals surface area contributed by atoms with Crippen molar-refractivity contribution in [1.82, 2.24) is 10.3 Å². The minimum absolute atomic E-state index is 0.0594. The summed E-state index contributed by atoms with van der Waals surface area (Å²) < 4.78 is 9.76. The lowest BCUT2D eigenvalue weighted by atomic mass is 10.2. The Balaban J connectivity index is 1.84. The number of benzene rings is 2. The number of nitrogens with zero attached hydrogens (tertiary/aromatic N) is 3. The van der Waals surface area contributed by atoms with Gasteiger partial charge in [0.2, 0.25) is 5.52 Å². The standard InChI is InChI=1S/C18H17ClN4O5S/c1-2-15(24)27-8-7-20-13-9-14(29-10-11-3-5-12(19)6-4-11)16-17(22-28-21-16)18(13)23(25)26/h3-6,9,20H,2,7-8,10H2,1H3. The third kappa shape index (κ3) is 5.15. The van der Waals surface area contributed by atoms with Gasteiger partial charge in [-0.25, -0.2) is 4.63 Å². The number of nitro groups is 1. The number of halogens is 1. The van der Waals surface area contributed by atoms with Crippen molar-refractivity contribution in [2.24, 2.45) is 0 Å². The first-order chi connectivity index (χ1) is 14.0. The maximum Gasteiger partial charge on any atom is 0.323 e. The van der Waals surface area contributed by atoms with Gasteiger partial charge in [0, 0.05) is 28.6 Å². The molecular weight excluding hydrogens is 420 g/mol. The van der Waals surface area contributed by atoms with E-state index in [0.717, 1.165) is 5.56 Å². The zero-order chi connectivity index (χ0) is 20.8. The van der Waals surface area contributed by atoms with Crippen LogP contribution in [-0.4, -0.2) is 34.4 Å². The number of anilines is 1. The van der Waals surface area contributed by atoms with Crippen molar-refractivity contribution < 1.29 is 19.1 Å². The summed E-state index contributed by atoms with van der Waals surface area (Å²) in [5.41, 5.74) is 1.43. The third-order valence-electron chi connectivity index (χ3n) is 3.94. The number of hydrogen-bond donors (Lipinski definition) is 1. The molecule has 0 bridgehead atoms. The molecule has 0 aliphatic rings. The van der Waals surface area contributed by atoms with E-state index < -0.39 is 4.92 Å². The average Bonchev–Trinajstić information content (AvgIpc) is 3.19. The van der Waals surface area contributed by atoms with Crippen molar-refractivity contribution in [3.63, 3.8) is 0 Å². The van der Waals surface area contributed by atoms with Crippen LogP contribution >= 0.6 is 23.4 Å². The van der Waals surface area contributed by atoms with Gasteiger partial charge >= 0.3 is 11.7 Å². The quantitative estimate of drug-likeness (QED) is 0.170. The van der Waals surface area contributed by atoms with Gasteiger partial charge in [-0.1, -0.05) is 30.7 Å². The minimum Gasteiger partial charge on any atom is -0.464 e. The van der Waals surface area contributed by atoms with Crippen molar-refractivity contribution in [2.45, 2.75) is 24.0 Å². The summed E-state index contributed by atoms with van der Waals surface area (Å²) in [4.78, 5) is 23.0. The van der Waals surface area contributed by atoms with Gasteiger partial charge in [0.15, 0.2) is 5.52 Å². The summed E-state index contributed by atoms with van der Waals surface area (Å²) in [6.45, 7) is 1.99. The molecule has 0 saturated heterocycles. The highest BCUT2D eigenvalue weighted by molar-refractivity contribution is 7.98. The smallest absolute Gasteiger partial charge is 0.323 e. The predicted molar refractivity (Wildman–Crippen MR) is 109 cm³/mol. The Morgan fingerprint density at radius 3 is 2.72 bits per heavy atom. The number of fused-ring (bicyclic) bond motifs is 1. The Morgan fingerprint density at radius 1 is 1.31 bits per heavy atom. The molecule has 1 N–H and O–H groups in total. The second-order valence-electron chi connectivity index (χ2n) is 5.91. The minimum atomic E-state index is -0.541. The van der Waals surface area contributed by atoms with Crippen LogP contribution < -0.4 is 5.32 Å². The van der Waals surface area contributed by atoms with E-state index in [1.807, 2.05) is 12.1 Å². The fourth-order valence-electron chi connectivity index (χ4n) is 2.52. The van der Waals surface area contributed by atoms with Crippen molar-refractivity contribution in [1.29, 1.82) is 0 Å². The van der Waals surface area contributed by atoms with Gasteiger partial charge in [0.1, 0.15) is 12.3 Å². The van der Waals surface area contributed by atoms with Crippen molar-refractivity contribution >= 4 is 51.7 Å². The van der Waals surface area contributed by atoms with Gasteiger partial charge in [0.25, 0.3) is 0 Å². The fourth-order valence-corrected chi connectivity index (χ4v) is 3.64. The molecule has 0 spiro atoms. The lowest BCUT2D eigenvalue weighted by Crippen LogP contribution is -2.14. The number of hydrogen-bond acceptors (Lipinski definition) is 9. The molecule has 1 aromatic heterocycles. The summed E-state index contributed by atoms with van der Waals surface area (Å²) in [6, 6.07) is 9.03. The monoisotopic (exact) mass is 436 g/mol. The normalized spacial score (nSPS) is 10.8. The van der Waals surface area contributed by atoms with Crippen molar-refractivity contribution in [3.05, 3.63) is 51.0 Å². The van der Waals surface area contributed by atoms with Gasteiger partial charge in [-0.2, -0.15) is 0 Å². The van der Waals surface area contributed by atoms with Crippen LogP contribution in [0.5, 0.6) is 0 Å². The van der Waals surface area contributed by atoms with E-state index >= 15 is 0 Å². The Labute approximate surface area is 174 Å². The molecule has 3 aromatic rings. The van der Waals surface area contributed by atoms with Gasteiger partial charge in [-0.05, 0) is 34.1 Å². The highest BCUT2D eigenvalue weighted by Gasteiger charge is 2.26. The fraction of sp³-hybridized carbons (Fsp3) is 0.278. The molecule has 9 nitrogen and oxygen atoms in total. The van der Waals surface area contributed by atoms with Crippen molar-refractivity contribution in [3.8, 4) is 0 Å². The average molecular weight is 437 g/mol. The number of nitrogens with one attached hydrogen (secondary N) is 1. The van der Waals surface area contributed by atoms with Crippen molar-refractivity contribution in [2.75, 3.05) is 18.5 Å². The molecular formula is C18H17ClN4O5S. The Kier molecular flexibility index (Phi) is 6.89. The van der Waals surface area contributed by atoms with Crippen LogP contribution in [0.3, 0.4) is 0 Å². The molecule has 11 heteroatoms. The Bertz CT molecular complexity index is 1030. The number of carbonyl (C=O) groups is 1. The van der Waals surface area contributed by atoms with Crippen LogP contribution in [0.2, 0.25) is 5.02 Å². The molecule has 0 unspecified atom stereocenters. The number of thioether (sulfide) groups is 1. The molecule has 0 amide bonds. The molecule has 3 rings (SSSR count). The molecule has 0 fully saturated rings. The summed E-state index contributed by atoms with van der Waals surface area (Å²) in [5.74, 6) is 0.265. The predicted octanol–water partition coefficient (Wildman–Crippen LogP) is 4.44. The summed E-state index contributed by atoms with van der Waals surface area (Å²) in [7, 11) is 0.